The molecule has 1 aromatic heterocycles. The number of nitrogens with one attached hydrogen (secondary N) is 2. The number of rotatable bonds is 7. The van der Waals surface area contributed by atoms with Gasteiger partial charge in [0, 0.05) is 36.0 Å². The van der Waals surface area contributed by atoms with E-state index in [1.165, 1.54) is 22.5 Å². The van der Waals surface area contributed by atoms with Crippen molar-refractivity contribution in [2.24, 2.45) is 0 Å². The van der Waals surface area contributed by atoms with Crippen LogP contribution in [-0.4, -0.2) is 41.9 Å². The number of nitrogens with zero attached hydrogens (tertiary/aromatic N) is 2. The third-order valence-corrected chi connectivity index (χ3v) is 6.58. The lowest BCUT2D eigenvalue weighted by atomic mass is 10.1. The molecule has 0 radical (unpaired) electrons. The van der Waals surface area contributed by atoms with Crippen LogP contribution in [0.3, 0.4) is 0 Å². The predicted octanol–water partition coefficient (Wildman–Crippen LogP) is 2.72. The van der Waals surface area contributed by atoms with Crippen molar-refractivity contribution in [3.63, 3.8) is 0 Å². The Bertz CT molecular complexity index is 1200. The predicted molar refractivity (Wildman–Crippen MR) is 115 cm³/mol. The summed E-state index contributed by atoms with van der Waals surface area (Å²) in [7, 11) is -3.66. The van der Waals surface area contributed by atoms with E-state index in [2.05, 4.69) is 15.5 Å². The molecule has 156 valence electrons. The van der Waals surface area contributed by atoms with Crippen LogP contribution in [0.5, 0.6) is 0 Å². The van der Waals surface area contributed by atoms with Crippen LogP contribution in [0.15, 0.2) is 70.4 Å². The topological polar surface area (TPSA) is 112 Å². The zero-order valence-corrected chi connectivity index (χ0v) is 17.4. The number of sulfonamides is 1. The molecule has 0 bridgehead atoms. The third kappa shape index (κ3) is 4.64. The third-order valence-electron chi connectivity index (χ3n) is 4.53. The quantitative estimate of drug-likeness (QED) is 0.603. The minimum Gasteiger partial charge on any atom is -0.322 e. The van der Waals surface area contributed by atoms with Gasteiger partial charge in [0.05, 0.1) is 10.6 Å². The van der Waals surface area contributed by atoms with Gasteiger partial charge in [0.15, 0.2) is 0 Å². The average Bonchev–Trinajstić information content (AvgIpc) is 2.75. The Balaban J connectivity index is 1.84. The second-order valence-electron chi connectivity index (χ2n) is 6.46. The minimum absolute atomic E-state index is 0.0741. The summed E-state index contributed by atoms with van der Waals surface area (Å²) in [4.78, 5) is 24.0. The first-order valence-electron chi connectivity index (χ1n) is 9.43. The summed E-state index contributed by atoms with van der Waals surface area (Å²) in [6.45, 7) is 4.23. The maximum Gasteiger partial charge on any atom is 0.264 e. The van der Waals surface area contributed by atoms with E-state index in [0.29, 0.717) is 30.0 Å². The van der Waals surface area contributed by atoms with E-state index in [0.717, 1.165) is 0 Å². The molecule has 0 atom stereocenters. The van der Waals surface area contributed by atoms with Gasteiger partial charge in [-0.05, 0) is 36.4 Å². The van der Waals surface area contributed by atoms with Gasteiger partial charge in [-0.25, -0.2) is 13.5 Å². The maximum atomic E-state index is 12.7. The van der Waals surface area contributed by atoms with Crippen LogP contribution in [-0.2, 0) is 10.0 Å². The molecule has 3 rings (SSSR count). The summed E-state index contributed by atoms with van der Waals surface area (Å²) >= 11 is 0. The lowest BCUT2D eigenvalue weighted by Gasteiger charge is -2.18. The van der Waals surface area contributed by atoms with Crippen molar-refractivity contribution in [2.45, 2.75) is 18.7 Å². The maximum absolute atomic E-state index is 12.7. The highest BCUT2D eigenvalue weighted by Gasteiger charge is 2.22. The van der Waals surface area contributed by atoms with E-state index in [9.17, 15) is 18.0 Å². The molecule has 1 heterocycles. The molecule has 0 aliphatic heterocycles. The van der Waals surface area contributed by atoms with Gasteiger partial charge in [0.1, 0.15) is 0 Å². The fourth-order valence-electron chi connectivity index (χ4n) is 2.98. The highest BCUT2D eigenvalue weighted by molar-refractivity contribution is 7.89. The lowest BCUT2D eigenvalue weighted by molar-refractivity contribution is 0.102. The number of hydrogen-bond donors (Lipinski definition) is 2. The Labute approximate surface area is 174 Å². The Kier molecular flexibility index (Phi) is 6.43. The number of anilines is 1. The zero-order valence-electron chi connectivity index (χ0n) is 16.6. The molecular formula is C21H22N4O4S. The molecule has 0 fully saturated rings. The van der Waals surface area contributed by atoms with Crippen LogP contribution in [0, 0.1) is 0 Å². The van der Waals surface area contributed by atoms with Gasteiger partial charge in [0.2, 0.25) is 10.0 Å². The molecule has 0 spiro atoms. The molecule has 30 heavy (non-hydrogen) atoms. The van der Waals surface area contributed by atoms with Crippen LogP contribution in [0.25, 0.3) is 11.3 Å². The summed E-state index contributed by atoms with van der Waals surface area (Å²) in [5.74, 6) is -0.432. The highest BCUT2D eigenvalue weighted by Crippen LogP contribution is 2.21. The van der Waals surface area contributed by atoms with E-state index in [1.807, 2.05) is 0 Å². The standard InChI is InChI=1S/C21H22N4O4S/c1-3-25(4-2)30(28,29)18-10-6-8-16(14-18)21(27)22-17-9-5-7-15(13-17)19-11-12-20(26)24-23-19/h5-14H,3-4H2,1-2H3,(H,22,27)(H,24,26). The van der Waals surface area contributed by atoms with Crippen LogP contribution in [0.1, 0.15) is 24.2 Å². The van der Waals surface area contributed by atoms with Crippen molar-refractivity contribution in [3.05, 3.63) is 76.6 Å². The highest BCUT2D eigenvalue weighted by atomic mass is 32.2. The first-order chi connectivity index (χ1) is 14.3. The van der Waals surface area contributed by atoms with Crippen LogP contribution >= 0.6 is 0 Å². The van der Waals surface area contributed by atoms with Crippen molar-refractivity contribution >= 4 is 21.6 Å². The molecular weight excluding hydrogens is 404 g/mol. The summed E-state index contributed by atoms with van der Waals surface area (Å²) in [5, 5.41) is 9.11. The Morgan fingerprint density at radius 3 is 2.43 bits per heavy atom. The second kappa shape index (κ2) is 9.02. The molecule has 0 aliphatic carbocycles. The monoisotopic (exact) mass is 426 g/mol. The number of aromatic nitrogens is 2. The lowest BCUT2D eigenvalue weighted by Crippen LogP contribution is -2.30. The number of H-pyrrole nitrogens is 1. The number of carbonyl (C=O) groups is 1. The van der Waals surface area contributed by atoms with Gasteiger partial charge in [-0.2, -0.15) is 9.40 Å². The number of aromatic amines is 1. The largest absolute Gasteiger partial charge is 0.322 e. The van der Waals surface area contributed by atoms with E-state index >= 15 is 0 Å². The van der Waals surface area contributed by atoms with E-state index < -0.39 is 15.9 Å². The number of amides is 1. The summed E-state index contributed by atoms with van der Waals surface area (Å²) in [6, 6.07) is 15.9. The average molecular weight is 426 g/mol. The second-order valence-corrected chi connectivity index (χ2v) is 8.40. The van der Waals surface area contributed by atoms with Gasteiger partial charge in [-0.15, -0.1) is 0 Å². The Morgan fingerprint density at radius 2 is 1.77 bits per heavy atom. The van der Waals surface area contributed by atoms with E-state index in [-0.39, 0.29) is 16.0 Å². The summed E-state index contributed by atoms with van der Waals surface area (Å²) in [5.41, 5.74) is 1.71. The number of benzene rings is 2. The van der Waals surface area contributed by atoms with Gasteiger partial charge in [0.25, 0.3) is 11.5 Å². The van der Waals surface area contributed by atoms with E-state index in [4.69, 9.17) is 0 Å². The molecule has 0 unspecified atom stereocenters. The molecule has 0 saturated carbocycles. The van der Waals surface area contributed by atoms with Gasteiger partial charge in [-0.3, -0.25) is 9.59 Å². The van der Waals surface area contributed by atoms with Crippen molar-refractivity contribution in [1.29, 1.82) is 0 Å². The first-order valence-corrected chi connectivity index (χ1v) is 10.9. The molecule has 1 amide bonds. The van der Waals surface area contributed by atoms with Gasteiger partial charge in [-0.1, -0.05) is 32.0 Å². The zero-order chi connectivity index (χ0) is 21.7. The SMILES string of the molecule is CCN(CC)S(=O)(=O)c1cccc(C(=O)Nc2cccc(-c3ccc(=O)[nH]n3)c2)c1. The van der Waals surface area contributed by atoms with Gasteiger partial charge >= 0.3 is 0 Å². The number of carbonyl (C=O) groups excluding carboxylic acids is 1. The molecule has 2 N–H and O–H groups in total. The van der Waals surface area contributed by atoms with Crippen molar-refractivity contribution in [1.82, 2.24) is 14.5 Å². The molecule has 8 nitrogen and oxygen atoms in total. The normalized spacial score (nSPS) is 11.4. The summed E-state index contributed by atoms with van der Waals surface area (Å²) in [6.07, 6.45) is 0. The fraction of sp³-hybridized carbons (Fsp3) is 0.190. The van der Waals surface area contributed by atoms with Crippen molar-refractivity contribution < 1.29 is 13.2 Å². The minimum atomic E-state index is -3.66. The van der Waals surface area contributed by atoms with Crippen LogP contribution in [0.2, 0.25) is 0 Å². The Morgan fingerprint density at radius 1 is 1.03 bits per heavy atom. The fourth-order valence-corrected chi connectivity index (χ4v) is 4.48. The summed E-state index contributed by atoms with van der Waals surface area (Å²) < 4.78 is 26.8. The molecule has 2 aromatic carbocycles. The van der Waals surface area contributed by atoms with E-state index in [1.54, 1.807) is 56.3 Å². The number of hydrogen-bond acceptors (Lipinski definition) is 5. The molecule has 0 saturated heterocycles. The van der Waals surface area contributed by atoms with Crippen LogP contribution < -0.4 is 10.9 Å². The van der Waals surface area contributed by atoms with Crippen LogP contribution in [0.4, 0.5) is 5.69 Å². The first kappa shape index (κ1) is 21.4. The molecule has 9 heteroatoms. The molecule has 0 aliphatic rings. The Hall–Kier alpha value is -3.30. The van der Waals surface area contributed by atoms with Gasteiger partial charge < -0.3 is 5.32 Å². The van der Waals surface area contributed by atoms with Crippen molar-refractivity contribution in [2.75, 3.05) is 18.4 Å². The van der Waals surface area contributed by atoms with Crippen molar-refractivity contribution in [3.8, 4) is 11.3 Å². The molecule has 3 aromatic rings. The smallest absolute Gasteiger partial charge is 0.264 e.